The van der Waals surface area contributed by atoms with Gasteiger partial charge in [0.25, 0.3) is 0 Å². The quantitative estimate of drug-likeness (QED) is 0.0324. The number of aliphatic hydroxyl groups is 4. The molecule has 0 aliphatic carbocycles. The average molecular weight is 706 g/mol. The molecule has 0 rings (SSSR count). The fourth-order valence-electron chi connectivity index (χ4n) is 6.38. The van der Waals surface area contributed by atoms with Crippen molar-refractivity contribution in [1.29, 1.82) is 0 Å². The van der Waals surface area contributed by atoms with E-state index in [1.54, 1.807) is 0 Å². The summed E-state index contributed by atoms with van der Waals surface area (Å²) in [5, 5.41) is 43.5. The molecular formula is C44H83NO5. The Balaban J connectivity index is 3.82. The molecule has 4 unspecified atom stereocenters. The van der Waals surface area contributed by atoms with Crippen LogP contribution in [0.2, 0.25) is 0 Å². The maximum Gasteiger partial charge on any atom is 0.249 e. The van der Waals surface area contributed by atoms with Gasteiger partial charge in [-0.25, -0.2) is 0 Å². The first kappa shape index (κ1) is 48.5. The van der Waals surface area contributed by atoms with E-state index in [9.17, 15) is 25.2 Å². The summed E-state index contributed by atoms with van der Waals surface area (Å²) in [6.45, 7) is 4.01. The monoisotopic (exact) mass is 706 g/mol. The van der Waals surface area contributed by atoms with E-state index in [1.165, 1.54) is 122 Å². The van der Waals surface area contributed by atoms with Crippen LogP contribution in [-0.4, -0.2) is 57.3 Å². The molecule has 294 valence electrons. The van der Waals surface area contributed by atoms with Crippen LogP contribution >= 0.6 is 0 Å². The van der Waals surface area contributed by atoms with Gasteiger partial charge in [0.15, 0.2) is 0 Å². The molecule has 6 heteroatoms. The first-order valence-corrected chi connectivity index (χ1v) is 21.4. The van der Waals surface area contributed by atoms with Gasteiger partial charge in [0.2, 0.25) is 5.91 Å². The highest BCUT2D eigenvalue weighted by Gasteiger charge is 2.28. The largest absolute Gasteiger partial charge is 0.394 e. The van der Waals surface area contributed by atoms with Crippen LogP contribution in [0.15, 0.2) is 36.5 Å². The number of hydrogen-bond donors (Lipinski definition) is 5. The number of nitrogens with one attached hydrogen (secondary N) is 1. The van der Waals surface area contributed by atoms with E-state index in [1.807, 2.05) is 0 Å². The number of allylic oxidation sites excluding steroid dienone is 6. The van der Waals surface area contributed by atoms with E-state index in [4.69, 9.17) is 0 Å². The molecule has 0 fully saturated rings. The fourth-order valence-corrected chi connectivity index (χ4v) is 6.38. The summed E-state index contributed by atoms with van der Waals surface area (Å²) in [5.74, 6) is -0.601. The lowest BCUT2D eigenvalue weighted by atomic mass is 10.00. The van der Waals surface area contributed by atoms with Gasteiger partial charge in [-0.05, 0) is 64.2 Å². The number of carbonyl (C=O) groups excluding carboxylic acids is 1. The summed E-state index contributed by atoms with van der Waals surface area (Å²) in [6.07, 6.45) is 44.7. The van der Waals surface area contributed by atoms with E-state index in [2.05, 4.69) is 55.6 Å². The Morgan fingerprint density at radius 1 is 0.480 bits per heavy atom. The van der Waals surface area contributed by atoms with E-state index in [-0.39, 0.29) is 0 Å². The van der Waals surface area contributed by atoms with Crippen LogP contribution in [0.3, 0.4) is 0 Å². The summed E-state index contributed by atoms with van der Waals surface area (Å²) in [5.41, 5.74) is 0. The van der Waals surface area contributed by atoms with E-state index < -0.39 is 36.9 Å². The minimum Gasteiger partial charge on any atom is -0.394 e. The SMILES string of the molecule is CCCCCCCCCCCC/C=C/CC/C=C/CC/C=C/CCCC(O)C(O)C(CO)NC(=O)C(O)CCCCCCCCCCCCC. The Morgan fingerprint density at radius 2 is 0.840 bits per heavy atom. The first-order chi connectivity index (χ1) is 24.5. The van der Waals surface area contributed by atoms with Crippen molar-refractivity contribution in [2.75, 3.05) is 6.61 Å². The lowest BCUT2D eigenvalue weighted by Gasteiger charge is -2.27. The van der Waals surface area contributed by atoms with Crippen LogP contribution in [0.25, 0.3) is 0 Å². The van der Waals surface area contributed by atoms with Gasteiger partial charge in [-0.1, -0.05) is 179 Å². The molecule has 0 aromatic rings. The molecule has 0 aliphatic heterocycles. The van der Waals surface area contributed by atoms with Crippen LogP contribution in [0.5, 0.6) is 0 Å². The summed E-state index contributed by atoms with van der Waals surface area (Å²) >= 11 is 0. The lowest BCUT2D eigenvalue weighted by Crippen LogP contribution is -2.53. The minimum atomic E-state index is -1.29. The van der Waals surface area contributed by atoms with E-state index >= 15 is 0 Å². The average Bonchev–Trinajstić information content (AvgIpc) is 3.12. The van der Waals surface area contributed by atoms with Crippen molar-refractivity contribution in [3.05, 3.63) is 36.5 Å². The van der Waals surface area contributed by atoms with Gasteiger partial charge >= 0.3 is 0 Å². The highest BCUT2D eigenvalue weighted by atomic mass is 16.3. The maximum atomic E-state index is 12.4. The summed E-state index contributed by atoms with van der Waals surface area (Å²) in [4.78, 5) is 12.4. The van der Waals surface area contributed by atoms with Crippen LogP contribution in [0.1, 0.15) is 206 Å². The van der Waals surface area contributed by atoms with Crippen LogP contribution in [-0.2, 0) is 4.79 Å². The molecule has 0 heterocycles. The molecule has 0 aromatic heterocycles. The van der Waals surface area contributed by atoms with E-state index in [0.29, 0.717) is 19.3 Å². The van der Waals surface area contributed by atoms with Gasteiger partial charge in [-0.3, -0.25) is 4.79 Å². The lowest BCUT2D eigenvalue weighted by molar-refractivity contribution is -0.132. The van der Waals surface area contributed by atoms with Gasteiger partial charge in [0.1, 0.15) is 12.2 Å². The van der Waals surface area contributed by atoms with Crippen LogP contribution < -0.4 is 5.32 Å². The van der Waals surface area contributed by atoms with Crippen LogP contribution in [0.4, 0.5) is 0 Å². The second kappa shape index (κ2) is 38.8. The Bertz CT molecular complexity index is 797. The fraction of sp³-hybridized carbons (Fsp3) is 0.841. The molecule has 0 bridgehead atoms. The molecular weight excluding hydrogens is 622 g/mol. The molecule has 0 aromatic carbocycles. The predicted molar refractivity (Wildman–Crippen MR) is 214 cm³/mol. The second-order valence-electron chi connectivity index (χ2n) is 14.7. The molecule has 6 nitrogen and oxygen atoms in total. The molecule has 0 saturated heterocycles. The third kappa shape index (κ3) is 32.4. The molecule has 4 atom stereocenters. The number of carbonyl (C=O) groups is 1. The van der Waals surface area contributed by atoms with Crippen molar-refractivity contribution in [3.8, 4) is 0 Å². The zero-order valence-corrected chi connectivity index (χ0v) is 32.9. The molecule has 1 amide bonds. The number of unbranched alkanes of at least 4 members (excludes halogenated alkanes) is 23. The summed E-state index contributed by atoms with van der Waals surface area (Å²) in [7, 11) is 0. The van der Waals surface area contributed by atoms with Crippen molar-refractivity contribution in [2.45, 2.75) is 231 Å². The zero-order valence-electron chi connectivity index (χ0n) is 32.9. The summed E-state index contributed by atoms with van der Waals surface area (Å²) < 4.78 is 0. The Labute approximate surface area is 309 Å². The molecule has 0 aliphatic rings. The minimum absolute atomic E-state index is 0.360. The molecule has 50 heavy (non-hydrogen) atoms. The number of hydrogen-bond acceptors (Lipinski definition) is 5. The van der Waals surface area contributed by atoms with Crippen molar-refractivity contribution < 1.29 is 25.2 Å². The van der Waals surface area contributed by atoms with Crippen molar-refractivity contribution in [2.24, 2.45) is 0 Å². The standard InChI is InChI=1S/C44H83NO5/c1-3-5-7-9-11-13-15-16-17-18-19-20-21-22-23-24-25-26-28-29-31-33-35-37-41(47)43(49)40(39-46)45-44(50)42(48)38-36-34-32-30-27-14-12-10-8-6-4-2/h20-21,24-25,29,31,40-43,46-49H,3-19,22-23,26-28,30,32-39H2,1-2H3,(H,45,50)/b21-20+,25-24+,31-29+. The van der Waals surface area contributed by atoms with Gasteiger partial charge in [-0.15, -0.1) is 0 Å². The Morgan fingerprint density at radius 3 is 1.26 bits per heavy atom. The number of amides is 1. The molecule has 0 spiro atoms. The van der Waals surface area contributed by atoms with Gasteiger partial charge in [-0.2, -0.15) is 0 Å². The maximum absolute atomic E-state index is 12.4. The Hall–Kier alpha value is -1.47. The van der Waals surface area contributed by atoms with Crippen molar-refractivity contribution in [1.82, 2.24) is 5.32 Å². The second-order valence-corrected chi connectivity index (χ2v) is 14.7. The smallest absolute Gasteiger partial charge is 0.249 e. The third-order valence-corrected chi connectivity index (χ3v) is 9.81. The van der Waals surface area contributed by atoms with Crippen molar-refractivity contribution >= 4 is 5.91 Å². The molecule has 0 radical (unpaired) electrons. The van der Waals surface area contributed by atoms with Gasteiger partial charge < -0.3 is 25.7 Å². The topological polar surface area (TPSA) is 110 Å². The molecule has 0 saturated carbocycles. The Kier molecular flexibility index (Phi) is 37.6. The highest BCUT2D eigenvalue weighted by Crippen LogP contribution is 2.15. The number of aliphatic hydroxyl groups excluding tert-OH is 4. The summed E-state index contributed by atoms with van der Waals surface area (Å²) in [6, 6.07) is -1.01. The van der Waals surface area contributed by atoms with Gasteiger partial charge in [0.05, 0.1) is 18.8 Å². The van der Waals surface area contributed by atoms with Crippen molar-refractivity contribution in [3.63, 3.8) is 0 Å². The predicted octanol–water partition coefficient (Wildman–Crippen LogP) is 11.0. The highest BCUT2D eigenvalue weighted by molar-refractivity contribution is 5.80. The molecule has 5 N–H and O–H groups in total. The normalized spacial score (nSPS) is 14.6. The van der Waals surface area contributed by atoms with Gasteiger partial charge in [0, 0.05) is 0 Å². The number of rotatable bonds is 38. The first-order valence-electron chi connectivity index (χ1n) is 21.4. The van der Waals surface area contributed by atoms with Crippen LogP contribution in [0, 0.1) is 0 Å². The zero-order chi connectivity index (χ0) is 36.8. The van der Waals surface area contributed by atoms with E-state index in [0.717, 1.165) is 51.4 Å². The third-order valence-electron chi connectivity index (χ3n) is 9.81.